The molecule has 0 amide bonds. The predicted octanol–water partition coefficient (Wildman–Crippen LogP) is 2.17. The van der Waals surface area contributed by atoms with E-state index in [2.05, 4.69) is 28.9 Å². The van der Waals surface area contributed by atoms with E-state index in [0.717, 1.165) is 34.8 Å². The van der Waals surface area contributed by atoms with Crippen molar-refractivity contribution in [2.45, 2.75) is 32.7 Å². The van der Waals surface area contributed by atoms with Gasteiger partial charge in [-0.2, -0.15) is 5.10 Å². The minimum absolute atomic E-state index is 0.301. The first-order chi connectivity index (χ1) is 9.61. The highest BCUT2D eigenvalue weighted by Gasteiger charge is 2.19. The lowest BCUT2D eigenvalue weighted by atomic mass is 10.2. The molecule has 1 atom stereocenters. The van der Waals surface area contributed by atoms with Crippen molar-refractivity contribution < 1.29 is 0 Å². The van der Waals surface area contributed by atoms with Crippen LogP contribution in [-0.2, 0) is 20.0 Å². The molecule has 0 bridgehead atoms. The molecule has 6 nitrogen and oxygen atoms in total. The van der Waals surface area contributed by atoms with E-state index in [9.17, 15) is 0 Å². The molecule has 0 aromatic carbocycles. The van der Waals surface area contributed by atoms with Crippen molar-refractivity contribution in [2.75, 3.05) is 5.73 Å². The number of nitrogens with two attached hydrogens (primary N) is 1. The van der Waals surface area contributed by atoms with Crippen LogP contribution in [0.1, 0.15) is 30.5 Å². The Hall–Kier alpha value is -1.89. The summed E-state index contributed by atoms with van der Waals surface area (Å²) in [6.45, 7) is 4.99. The molecule has 7 heteroatoms. The highest BCUT2D eigenvalue weighted by Crippen LogP contribution is 2.26. The monoisotopic (exact) mass is 290 g/mol. The second-order valence-electron chi connectivity index (χ2n) is 4.95. The number of aromatic nitrogens is 5. The second-order valence-corrected chi connectivity index (χ2v) is 5.87. The van der Waals surface area contributed by atoms with E-state index >= 15 is 0 Å². The number of aryl methyl sites for hydroxylation is 2. The van der Waals surface area contributed by atoms with Crippen LogP contribution < -0.4 is 5.73 Å². The highest BCUT2D eigenvalue weighted by molar-refractivity contribution is 7.09. The topological polar surface area (TPSA) is 74.6 Å². The van der Waals surface area contributed by atoms with Crippen molar-refractivity contribution in [1.82, 2.24) is 24.3 Å². The Kier molecular flexibility index (Phi) is 3.21. The van der Waals surface area contributed by atoms with Gasteiger partial charge in [0.05, 0.1) is 10.7 Å². The van der Waals surface area contributed by atoms with Crippen molar-refractivity contribution in [1.29, 1.82) is 0 Å². The first kappa shape index (κ1) is 13.1. The lowest BCUT2D eigenvalue weighted by Crippen LogP contribution is -2.11. The average molecular weight is 290 g/mol. The third-order valence-electron chi connectivity index (χ3n) is 3.49. The van der Waals surface area contributed by atoms with E-state index in [4.69, 9.17) is 5.73 Å². The van der Waals surface area contributed by atoms with Crippen molar-refractivity contribution in [2.24, 2.45) is 7.05 Å². The van der Waals surface area contributed by atoms with Crippen LogP contribution in [0.2, 0.25) is 0 Å². The molecule has 0 radical (unpaired) electrons. The first-order valence-corrected chi connectivity index (χ1v) is 7.56. The molecule has 0 saturated carbocycles. The quantitative estimate of drug-likeness (QED) is 0.799. The van der Waals surface area contributed by atoms with Crippen LogP contribution >= 0.6 is 11.3 Å². The van der Waals surface area contributed by atoms with Gasteiger partial charge in [-0.1, -0.05) is 13.8 Å². The SMILES string of the molecule is CCc1nn(C)c2c1nc(N)n2CC(C)c1nccs1. The van der Waals surface area contributed by atoms with E-state index in [1.807, 2.05) is 27.9 Å². The van der Waals surface area contributed by atoms with Gasteiger partial charge in [0, 0.05) is 31.1 Å². The third kappa shape index (κ3) is 1.98. The lowest BCUT2D eigenvalue weighted by Gasteiger charge is -2.11. The van der Waals surface area contributed by atoms with Crippen molar-refractivity contribution in [3.63, 3.8) is 0 Å². The summed E-state index contributed by atoms with van der Waals surface area (Å²) in [5.41, 5.74) is 8.99. The molecule has 0 fully saturated rings. The third-order valence-corrected chi connectivity index (χ3v) is 4.49. The van der Waals surface area contributed by atoms with E-state index in [0.29, 0.717) is 11.9 Å². The second kappa shape index (κ2) is 4.90. The minimum atomic E-state index is 0.301. The van der Waals surface area contributed by atoms with Crippen LogP contribution in [0.4, 0.5) is 5.95 Å². The molecule has 0 spiro atoms. The van der Waals surface area contributed by atoms with Crippen LogP contribution in [0, 0.1) is 0 Å². The molecule has 20 heavy (non-hydrogen) atoms. The molecule has 0 aliphatic carbocycles. The summed E-state index contributed by atoms with van der Waals surface area (Å²) in [5.74, 6) is 0.848. The van der Waals surface area contributed by atoms with Gasteiger partial charge in [0.15, 0.2) is 5.65 Å². The van der Waals surface area contributed by atoms with Gasteiger partial charge in [-0.3, -0.25) is 9.25 Å². The number of imidazole rings is 1. The number of nitrogen functional groups attached to an aromatic ring is 1. The molecular weight excluding hydrogens is 272 g/mol. The molecule has 3 heterocycles. The van der Waals surface area contributed by atoms with E-state index in [1.165, 1.54) is 0 Å². The van der Waals surface area contributed by atoms with E-state index < -0.39 is 0 Å². The standard InChI is InChI=1S/C13H18N6S/c1-4-9-10-12(18(3)17-9)19(13(14)16-10)7-8(2)11-15-5-6-20-11/h5-6,8H,4,7H2,1-3H3,(H2,14,16). The molecule has 3 aromatic rings. The smallest absolute Gasteiger partial charge is 0.202 e. The Balaban J connectivity index is 2.03. The Morgan fingerprint density at radius 2 is 2.25 bits per heavy atom. The molecular formula is C13H18N6S. The maximum absolute atomic E-state index is 6.09. The Labute approximate surface area is 121 Å². The minimum Gasteiger partial charge on any atom is -0.369 e. The maximum atomic E-state index is 6.09. The van der Waals surface area contributed by atoms with Gasteiger partial charge in [-0.15, -0.1) is 11.3 Å². The molecule has 0 aliphatic rings. The van der Waals surface area contributed by atoms with Gasteiger partial charge in [0.1, 0.15) is 5.52 Å². The van der Waals surface area contributed by atoms with E-state index in [-0.39, 0.29) is 0 Å². The van der Waals surface area contributed by atoms with Gasteiger partial charge in [0.25, 0.3) is 0 Å². The average Bonchev–Trinajstić information content (AvgIpc) is 3.10. The zero-order valence-electron chi connectivity index (χ0n) is 11.9. The van der Waals surface area contributed by atoms with Crippen LogP contribution in [-0.4, -0.2) is 24.3 Å². The fourth-order valence-electron chi connectivity index (χ4n) is 2.51. The van der Waals surface area contributed by atoms with Crippen LogP contribution in [0.5, 0.6) is 0 Å². The normalized spacial score (nSPS) is 13.2. The van der Waals surface area contributed by atoms with Gasteiger partial charge < -0.3 is 5.73 Å². The Bertz CT molecular complexity index is 724. The Morgan fingerprint density at radius 1 is 1.45 bits per heavy atom. The van der Waals surface area contributed by atoms with Crippen LogP contribution in [0.3, 0.4) is 0 Å². The number of anilines is 1. The lowest BCUT2D eigenvalue weighted by molar-refractivity contribution is 0.597. The van der Waals surface area contributed by atoms with Crippen molar-refractivity contribution in [3.8, 4) is 0 Å². The summed E-state index contributed by atoms with van der Waals surface area (Å²) in [5, 5.41) is 7.62. The van der Waals surface area contributed by atoms with E-state index in [1.54, 1.807) is 11.3 Å². The molecule has 3 rings (SSSR count). The van der Waals surface area contributed by atoms with Gasteiger partial charge in [-0.25, -0.2) is 9.97 Å². The summed E-state index contributed by atoms with van der Waals surface area (Å²) in [4.78, 5) is 8.85. The van der Waals surface area contributed by atoms with Gasteiger partial charge >= 0.3 is 0 Å². The van der Waals surface area contributed by atoms with Gasteiger partial charge in [-0.05, 0) is 6.42 Å². The summed E-state index contributed by atoms with van der Waals surface area (Å²) < 4.78 is 3.90. The maximum Gasteiger partial charge on any atom is 0.202 e. The summed E-state index contributed by atoms with van der Waals surface area (Å²) in [6, 6.07) is 0. The largest absolute Gasteiger partial charge is 0.369 e. The fraction of sp³-hybridized carbons (Fsp3) is 0.462. The van der Waals surface area contributed by atoms with Gasteiger partial charge in [0.2, 0.25) is 5.95 Å². The number of fused-ring (bicyclic) bond motifs is 1. The zero-order valence-corrected chi connectivity index (χ0v) is 12.7. The number of nitrogens with zero attached hydrogens (tertiary/aromatic N) is 5. The number of thiazole rings is 1. The molecule has 2 N–H and O–H groups in total. The zero-order chi connectivity index (χ0) is 14.3. The molecule has 0 aliphatic heterocycles. The number of hydrogen-bond acceptors (Lipinski definition) is 5. The summed E-state index contributed by atoms with van der Waals surface area (Å²) in [6.07, 6.45) is 2.69. The summed E-state index contributed by atoms with van der Waals surface area (Å²) >= 11 is 1.67. The van der Waals surface area contributed by atoms with Crippen molar-refractivity contribution in [3.05, 3.63) is 22.3 Å². The fourth-order valence-corrected chi connectivity index (χ4v) is 3.20. The number of hydrogen-bond donors (Lipinski definition) is 1. The highest BCUT2D eigenvalue weighted by atomic mass is 32.1. The molecule has 0 saturated heterocycles. The molecule has 3 aromatic heterocycles. The van der Waals surface area contributed by atoms with Crippen LogP contribution in [0.15, 0.2) is 11.6 Å². The first-order valence-electron chi connectivity index (χ1n) is 6.68. The van der Waals surface area contributed by atoms with Crippen molar-refractivity contribution >= 4 is 28.4 Å². The van der Waals surface area contributed by atoms with Crippen LogP contribution in [0.25, 0.3) is 11.2 Å². The predicted molar refractivity (Wildman–Crippen MR) is 80.8 cm³/mol. The number of rotatable bonds is 4. The molecule has 106 valence electrons. The Morgan fingerprint density at radius 3 is 2.90 bits per heavy atom. The molecule has 1 unspecified atom stereocenters. The summed E-state index contributed by atoms with van der Waals surface area (Å²) in [7, 11) is 1.94.